The minimum Gasteiger partial charge on any atom is -0.465 e. The van der Waals surface area contributed by atoms with E-state index in [4.69, 9.17) is 11.6 Å². The molecule has 128 valence electrons. The van der Waals surface area contributed by atoms with E-state index in [0.29, 0.717) is 19.1 Å². The van der Waals surface area contributed by atoms with E-state index in [1.54, 1.807) is 4.90 Å². The maximum Gasteiger partial charge on any atom is 0.407 e. The number of rotatable bonds is 1. The highest BCUT2D eigenvalue weighted by Crippen LogP contribution is 2.51. The summed E-state index contributed by atoms with van der Waals surface area (Å²) in [6.07, 6.45) is 1.16. The molecule has 5 rings (SSSR count). The third-order valence-corrected chi connectivity index (χ3v) is 6.29. The van der Waals surface area contributed by atoms with Crippen molar-refractivity contribution < 1.29 is 9.90 Å². The third-order valence-electron chi connectivity index (χ3n) is 5.96. The molecular weight excluding hydrogens is 336 g/mol. The van der Waals surface area contributed by atoms with Crippen LogP contribution in [0, 0.1) is 0 Å². The van der Waals surface area contributed by atoms with Gasteiger partial charge in [0.05, 0.1) is 0 Å². The van der Waals surface area contributed by atoms with Gasteiger partial charge in [-0.1, -0.05) is 29.8 Å². The minimum absolute atomic E-state index is 0.265. The molecule has 4 nitrogen and oxygen atoms in total. The summed E-state index contributed by atoms with van der Waals surface area (Å²) in [6.45, 7) is 2.27. The van der Waals surface area contributed by atoms with Crippen LogP contribution >= 0.6 is 11.6 Å². The first-order valence-electron chi connectivity index (χ1n) is 8.79. The highest BCUT2D eigenvalue weighted by Gasteiger charge is 2.45. The quantitative estimate of drug-likeness (QED) is 0.833. The van der Waals surface area contributed by atoms with Crippen molar-refractivity contribution in [2.45, 2.75) is 24.8 Å². The summed E-state index contributed by atoms with van der Waals surface area (Å²) in [5.41, 5.74) is 6.24. The molecule has 1 N–H and O–H groups in total. The van der Waals surface area contributed by atoms with E-state index in [0.717, 1.165) is 35.5 Å². The lowest BCUT2D eigenvalue weighted by atomic mass is 9.86. The first-order chi connectivity index (χ1) is 12.1. The van der Waals surface area contributed by atoms with Gasteiger partial charge >= 0.3 is 6.09 Å². The van der Waals surface area contributed by atoms with Crippen molar-refractivity contribution in [3.63, 3.8) is 0 Å². The van der Waals surface area contributed by atoms with Gasteiger partial charge in [-0.15, -0.1) is 0 Å². The summed E-state index contributed by atoms with van der Waals surface area (Å²) in [5.74, 6) is 0.265. The summed E-state index contributed by atoms with van der Waals surface area (Å²) >= 11 is 6.42. The minimum atomic E-state index is -0.807. The Kier molecular flexibility index (Phi) is 3.26. The second kappa shape index (κ2) is 5.40. The van der Waals surface area contributed by atoms with Crippen molar-refractivity contribution in [1.29, 1.82) is 0 Å². The molecule has 1 amide bonds. The number of halogens is 1. The summed E-state index contributed by atoms with van der Waals surface area (Å²) in [5, 5.41) is 10.2. The first kappa shape index (κ1) is 15.1. The van der Waals surface area contributed by atoms with Crippen molar-refractivity contribution in [2.24, 2.45) is 0 Å². The Labute approximate surface area is 151 Å². The summed E-state index contributed by atoms with van der Waals surface area (Å²) in [6, 6.07) is 12.9. The number of piperidine rings is 1. The van der Waals surface area contributed by atoms with E-state index in [-0.39, 0.29) is 5.92 Å². The molecular formula is C20H19ClN2O2. The number of carbonyl (C=O) groups is 1. The predicted octanol–water partition coefficient (Wildman–Crippen LogP) is 4.22. The molecule has 3 aliphatic rings. The van der Waals surface area contributed by atoms with Gasteiger partial charge in [0.2, 0.25) is 0 Å². The predicted molar refractivity (Wildman–Crippen MR) is 98.7 cm³/mol. The lowest BCUT2D eigenvalue weighted by molar-refractivity contribution is 0.127. The van der Waals surface area contributed by atoms with Gasteiger partial charge in [-0.3, -0.25) is 0 Å². The number of likely N-dealkylation sites (tertiary alicyclic amines) is 1. The van der Waals surface area contributed by atoms with Gasteiger partial charge in [0.1, 0.15) is 0 Å². The molecule has 0 aliphatic carbocycles. The number of fused-ring (bicyclic) bond motifs is 3. The van der Waals surface area contributed by atoms with Crippen molar-refractivity contribution >= 4 is 23.4 Å². The van der Waals surface area contributed by atoms with Crippen LogP contribution < -0.4 is 4.90 Å². The van der Waals surface area contributed by atoms with Gasteiger partial charge in [-0.2, -0.15) is 0 Å². The number of amides is 1. The molecule has 0 unspecified atom stereocenters. The summed E-state index contributed by atoms with van der Waals surface area (Å²) in [4.78, 5) is 15.5. The van der Waals surface area contributed by atoms with Crippen LogP contribution in [0.4, 0.5) is 10.5 Å². The number of hydrogen-bond donors (Lipinski definition) is 1. The van der Waals surface area contributed by atoms with E-state index in [1.165, 1.54) is 16.8 Å². The average Bonchev–Trinajstić information content (AvgIpc) is 3.17. The Morgan fingerprint density at radius 1 is 1.20 bits per heavy atom. The normalized spacial score (nSPS) is 23.6. The molecule has 2 atom stereocenters. The Hall–Kier alpha value is -2.20. The number of carboxylic acid groups (broad SMARTS) is 1. The van der Waals surface area contributed by atoms with Gasteiger partial charge < -0.3 is 14.9 Å². The number of benzene rings is 2. The molecule has 3 heterocycles. The highest BCUT2D eigenvalue weighted by atomic mass is 35.5. The Balaban J connectivity index is 1.63. The number of nitrogens with zero attached hydrogens (tertiary/aromatic N) is 2. The third kappa shape index (κ3) is 2.17. The van der Waals surface area contributed by atoms with Gasteiger partial charge in [-0.05, 0) is 47.7 Å². The van der Waals surface area contributed by atoms with Crippen LogP contribution in [0.3, 0.4) is 0 Å². The Morgan fingerprint density at radius 3 is 2.84 bits per heavy atom. The van der Waals surface area contributed by atoms with E-state index in [2.05, 4.69) is 23.1 Å². The summed E-state index contributed by atoms with van der Waals surface area (Å²) in [7, 11) is 0. The second-order valence-electron chi connectivity index (χ2n) is 7.19. The molecule has 0 bridgehead atoms. The van der Waals surface area contributed by atoms with E-state index < -0.39 is 6.09 Å². The molecule has 1 fully saturated rings. The lowest BCUT2D eigenvalue weighted by Crippen LogP contribution is -2.47. The molecule has 2 aromatic rings. The van der Waals surface area contributed by atoms with Gasteiger partial charge in [0, 0.05) is 47.9 Å². The maximum atomic E-state index is 11.4. The highest BCUT2D eigenvalue weighted by molar-refractivity contribution is 6.33. The van der Waals surface area contributed by atoms with E-state index in [9.17, 15) is 9.90 Å². The molecule has 2 aromatic carbocycles. The summed E-state index contributed by atoms with van der Waals surface area (Å²) < 4.78 is 0. The topological polar surface area (TPSA) is 43.8 Å². The fourth-order valence-corrected chi connectivity index (χ4v) is 5.11. The zero-order valence-electron chi connectivity index (χ0n) is 13.8. The van der Waals surface area contributed by atoms with E-state index >= 15 is 0 Å². The standard InChI is InChI=1S/C20H19ClN2O2/c21-17-4-2-1-3-14(17)13-9-12-5-8-23-18-6-7-22(20(24)25)11-16(18)15(10-13)19(12)23/h1-4,9-10,16,18H,5-8,11H2,(H,24,25)/t16-,18-/m1/s1. The fourth-order valence-electron chi connectivity index (χ4n) is 4.87. The number of anilines is 1. The molecule has 0 aromatic heterocycles. The van der Waals surface area contributed by atoms with E-state index in [1.807, 2.05) is 18.2 Å². The van der Waals surface area contributed by atoms with Crippen LogP contribution in [0.2, 0.25) is 5.02 Å². The smallest absolute Gasteiger partial charge is 0.407 e. The molecule has 0 saturated carbocycles. The van der Waals surface area contributed by atoms with Gasteiger partial charge in [0.25, 0.3) is 0 Å². The monoisotopic (exact) mass is 354 g/mol. The fraction of sp³-hybridized carbons (Fsp3) is 0.350. The Bertz CT molecular complexity index is 882. The largest absolute Gasteiger partial charge is 0.465 e. The zero-order valence-corrected chi connectivity index (χ0v) is 14.5. The lowest BCUT2D eigenvalue weighted by Gasteiger charge is -2.37. The molecule has 5 heteroatoms. The zero-order chi connectivity index (χ0) is 17.1. The van der Waals surface area contributed by atoms with Crippen LogP contribution in [-0.2, 0) is 6.42 Å². The SMILES string of the molecule is O=C(O)N1CC[C@@H]2[C@H](C1)c1cc(-c3ccccc3Cl)cc3c1N2CC3. The van der Waals surface area contributed by atoms with Gasteiger partial charge in [0.15, 0.2) is 0 Å². The van der Waals surface area contributed by atoms with Crippen molar-refractivity contribution in [3.8, 4) is 11.1 Å². The average molecular weight is 355 g/mol. The Morgan fingerprint density at radius 2 is 2.04 bits per heavy atom. The molecule has 0 spiro atoms. The van der Waals surface area contributed by atoms with Crippen LogP contribution in [-0.4, -0.2) is 41.8 Å². The van der Waals surface area contributed by atoms with Crippen LogP contribution in [0.15, 0.2) is 36.4 Å². The van der Waals surface area contributed by atoms with Crippen LogP contribution in [0.1, 0.15) is 23.5 Å². The maximum absolute atomic E-state index is 11.4. The van der Waals surface area contributed by atoms with Gasteiger partial charge in [-0.25, -0.2) is 4.79 Å². The van der Waals surface area contributed by atoms with Crippen molar-refractivity contribution in [2.75, 3.05) is 24.5 Å². The van der Waals surface area contributed by atoms with Crippen molar-refractivity contribution in [1.82, 2.24) is 4.90 Å². The number of hydrogen-bond acceptors (Lipinski definition) is 2. The molecule has 25 heavy (non-hydrogen) atoms. The van der Waals surface area contributed by atoms with Crippen LogP contribution in [0.5, 0.6) is 0 Å². The van der Waals surface area contributed by atoms with Crippen molar-refractivity contribution in [3.05, 3.63) is 52.5 Å². The first-order valence-corrected chi connectivity index (χ1v) is 9.17. The van der Waals surface area contributed by atoms with Crippen LogP contribution in [0.25, 0.3) is 11.1 Å². The molecule has 1 saturated heterocycles. The molecule has 0 radical (unpaired) electrons. The second-order valence-corrected chi connectivity index (χ2v) is 7.59. The molecule has 3 aliphatic heterocycles.